The van der Waals surface area contributed by atoms with Crippen LogP contribution in [0.15, 0.2) is 41.6 Å². The molecule has 0 saturated carbocycles. The molecule has 3 nitrogen and oxygen atoms in total. The Hall–Kier alpha value is -2.37. The van der Waals surface area contributed by atoms with E-state index in [9.17, 15) is 13.2 Å². The van der Waals surface area contributed by atoms with Gasteiger partial charge in [0.05, 0.1) is 11.9 Å². The molecule has 0 radical (unpaired) electrons. The highest BCUT2D eigenvalue weighted by atomic mass is 19.4. The first-order chi connectivity index (χ1) is 9.86. The van der Waals surface area contributed by atoms with Gasteiger partial charge in [-0.15, -0.1) is 0 Å². The maximum Gasteiger partial charge on any atom is 0.433 e. The zero-order chi connectivity index (χ0) is 15.5. The molecule has 1 heterocycles. The van der Waals surface area contributed by atoms with Crippen LogP contribution in [0.2, 0.25) is 0 Å². The molecule has 2 aromatic rings. The van der Waals surface area contributed by atoms with Crippen LogP contribution in [0, 0.1) is 13.8 Å². The summed E-state index contributed by atoms with van der Waals surface area (Å²) < 4.78 is 37.1. The van der Waals surface area contributed by atoms with Crippen molar-refractivity contribution in [3.63, 3.8) is 0 Å². The van der Waals surface area contributed by atoms with Gasteiger partial charge in [-0.05, 0) is 37.6 Å². The summed E-state index contributed by atoms with van der Waals surface area (Å²) in [4.78, 5) is 3.36. The van der Waals surface area contributed by atoms with E-state index in [4.69, 9.17) is 0 Å². The van der Waals surface area contributed by atoms with Crippen LogP contribution >= 0.6 is 0 Å². The molecular formula is C15H14F3N3. The summed E-state index contributed by atoms with van der Waals surface area (Å²) in [7, 11) is 0. The van der Waals surface area contributed by atoms with Crippen molar-refractivity contribution in [1.29, 1.82) is 0 Å². The molecule has 0 atom stereocenters. The maximum atomic E-state index is 12.4. The van der Waals surface area contributed by atoms with Crippen molar-refractivity contribution in [2.24, 2.45) is 5.10 Å². The van der Waals surface area contributed by atoms with Gasteiger partial charge < -0.3 is 0 Å². The van der Waals surface area contributed by atoms with Crippen LogP contribution in [0.25, 0.3) is 0 Å². The molecule has 0 aliphatic heterocycles. The molecule has 21 heavy (non-hydrogen) atoms. The molecule has 0 bridgehead atoms. The minimum atomic E-state index is -4.42. The predicted octanol–water partition coefficient (Wildman–Crippen LogP) is 4.16. The highest BCUT2D eigenvalue weighted by Crippen LogP contribution is 2.26. The van der Waals surface area contributed by atoms with Crippen LogP contribution in [-0.4, -0.2) is 11.2 Å². The summed E-state index contributed by atoms with van der Waals surface area (Å²) in [5.74, 6) is 0. The monoisotopic (exact) mass is 293 g/mol. The smallest absolute Gasteiger partial charge is 0.278 e. The lowest BCUT2D eigenvalue weighted by Crippen LogP contribution is -2.07. The van der Waals surface area contributed by atoms with Crippen LogP contribution in [0.5, 0.6) is 0 Å². The fraction of sp³-hybridized carbons (Fsp3) is 0.200. The molecule has 2 rings (SSSR count). The number of nitrogens with zero attached hydrogens (tertiary/aromatic N) is 2. The van der Waals surface area contributed by atoms with Gasteiger partial charge in [0.15, 0.2) is 0 Å². The molecule has 0 unspecified atom stereocenters. The largest absolute Gasteiger partial charge is 0.433 e. The first kappa shape index (κ1) is 15.0. The zero-order valence-electron chi connectivity index (χ0n) is 11.6. The molecule has 1 aromatic carbocycles. The van der Waals surface area contributed by atoms with Crippen LogP contribution < -0.4 is 5.43 Å². The van der Waals surface area contributed by atoms with Crippen molar-refractivity contribution in [2.75, 3.05) is 5.43 Å². The molecule has 1 N–H and O–H groups in total. The van der Waals surface area contributed by atoms with E-state index in [1.165, 1.54) is 12.3 Å². The number of anilines is 1. The van der Waals surface area contributed by atoms with Gasteiger partial charge in [-0.2, -0.15) is 18.3 Å². The third-order valence-electron chi connectivity index (χ3n) is 2.86. The van der Waals surface area contributed by atoms with Gasteiger partial charge in [0, 0.05) is 11.8 Å². The second-order valence-corrected chi connectivity index (χ2v) is 4.66. The summed E-state index contributed by atoms with van der Waals surface area (Å²) in [5, 5.41) is 4.00. The SMILES string of the molecule is Cc1ccc(N/N=C/c2ccc(C(F)(F)F)nc2)c(C)c1. The quantitative estimate of drug-likeness (QED) is 0.681. The number of aryl methyl sites for hydroxylation is 2. The Balaban J connectivity index is 2.04. The van der Waals surface area contributed by atoms with Crippen LogP contribution in [0.1, 0.15) is 22.4 Å². The van der Waals surface area contributed by atoms with E-state index in [0.717, 1.165) is 29.1 Å². The van der Waals surface area contributed by atoms with E-state index in [-0.39, 0.29) is 0 Å². The Labute approximate surface area is 120 Å². The highest BCUT2D eigenvalue weighted by Gasteiger charge is 2.31. The van der Waals surface area contributed by atoms with Gasteiger partial charge in [-0.1, -0.05) is 17.7 Å². The normalized spacial score (nSPS) is 11.9. The predicted molar refractivity (Wildman–Crippen MR) is 76.4 cm³/mol. The van der Waals surface area contributed by atoms with Gasteiger partial charge >= 0.3 is 6.18 Å². The number of hydrazone groups is 1. The van der Waals surface area contributed by atoms with Crippen molar-refractivity contribution in [3.8, 4) is 0 Å². The topological polar surface area (TPSA) is 37.3 Å². The number of nitrogens with one attached hydrogen (secondary N) is 1. The number of alkyl halides is 3. The summed E-state index contributed by atoms with van der Waals surface area (Å²) >= 11 is 0. The standard InChI is InChI=1S/C15H14F3N3/c1-10-3-5-13(11(2)7-10)21-20-9-12-4-6-14(19-8-12)15(16,17)18/h3-9,21H,1-2H3/b20-9+. The lowest BCUT2D eigenvalue weighted by atomic mass is 10.1. The molecule has 6 heteroatoms. The van der Waals surface area contributed by atoms with E-state index < -0.39 is 11.9 Å². The van der Waals surface area contributed by atoms with Crippen LogP contribution in [0.4, 0.5) is 18.9 Å². The summed E-state index contributed by atoms with van der Waals surface area (Å²) in [6.45, 7) is 3.94. The van der Waals surface area contributed by atoms with E-state index in [1.54, 1.807) is 0 Å². The minimum Gasteiger partial charge on any atom is -0.278 e. The van der Waals surface area contributed by atoms with Crippen LogP contribution in [0.3, 0.4) is 0 Å². The van der Waals surface area contributed by atoms with Crippen molar-refractivity contribution in [2.45, 2.75) is 20.0 Å². The lowest BCUT2D eigenvalue weighted by molar-refractivity contribution is -0.141. The summed E-state index contributed by atoms with van der Waals surface area (Å²) in [6, 6.07) is 8.11. The number of aromatic nitrogens is 1. The minimum absolute atomic E-state index is 0.486. The van der Waals surface area contributed by atoms with Gasteiger partial charge in [0.1, 0.15) is 5.69 Å². The number of hydrogen-bond acceptors (Lipinski definition) is 3. The van der Waals surface area contributed by atoms with E-state index >= 15 is 0 Å². The number of rotatable bonds is 3. The Bertz CT molecular complexity index is 646. The molecular weight excluding hydrogens is 279 g/mol. The van der Waals surface area contributed by atoms with Crippen molar-refractivity contribution in [3.05, 3.63) is 58.9 Å². The molecule has 1 aromatic heterocycles. The molecule has 0 amide bonds. The highest BCUT2D eigenvalue weighted by molar-refractivity contribution is 5.79. The fourth-order valence-electron chi connectivity index (χ4n) is 1.76. The molecule has 0 fully saturated rings. The first-order valence-corrected chi connectivity index (χ1v) is 6.26. The third-order valence-corrected chi connectivity index (χ3v) is 2.86. The summed E-state index contributed by atoms with van der Waals surface area (Å²) in [5.41, 5.74) is 5.46. The summed E-state index contributed by atoms with van der Waals surface area (Å²) in [6.07, 6.45) is -1.87. The molecule has 0 saturated heterocycles. The number of halogens is 3. The third kappa shape index (κ3) is 4.05. The Kier molecular flexibility index (Phi) is 4.26. The fourth-order valence-corrected chi connectivity index (χ4v) is 1.76. The van der Waals surface area contributed by atoms with Gasteiger partial charge in [0.2, 0.25) is 0 Å². The molecule has 0 aliphatic rings. The Morgan fingerprint density at radius 2 is 1.90 bits per heavy atom. The number of hydrogen-bond donors (Lipinski definition) is 1. The number of pyridine rings is 1. The van der Waals surface area contributed by atoms with Crippen molar-refractivity contribution in [1.82, 2.24) is 4.98 Å². The first-order valence-electron chi connectivity index (χ1n) is 6.26. The van der Waals surface area contributed by atoms with Gasteiger partial charge in [0.25, 0.3) is 0 Å². The maximum absolute atomic E-state index is 12.4. The average Bonchev–Trinajstić information content (AvgIpc) is 2.41. The average molecular weight is 293 g/mol. The van der Waals surface area contributed by atoms with Crippen molar-refractivity contribution >= 4 is 11.9 Å². The van der Waals surface area contributed by atoms with Gasteiger partial charge in [-0.3, -0.25) is 10.4 Å². The number of benzene rings is 1. The Morgan fingerprint density at radius 1 is 1.14 bits per heavy atom. The van der Waals surface area contributed by atoms with E-state index in [0.29, 0.717) is 5.56 Å². The van der Waals surface area contributed by atoms with E-state index in [2.05, 4.69) is 15.5 Å². The van der Waals surface area contributed by atoms with Gasteiger partial charge in [-0.25, -0.2) is 0 Å². The molecule has 110 valence electrons. The molecule has 0 aliphatic carbocycles. The van der Waals surface area contributed by atoms with Crippen molar-refractivity contribution < 1.29 is 13.2 Å². The second kappa shape index (κ2) is 5.95. The van der Waals surface area contributed by atoms with E-state index in [1.807, 2.05) is 32.0 Å². The molecule has 0 spiro atoms. The lowest BCUT2D eigenvalue weighted by Gasteiger charge is -2.06. The second-order valence-electron chi connectivity index (χ2n) is 4.66. The zero-order valence-corrected chi connectivity index (χ0v) is 11.6. The Morgan fingerprint density at radius 3 is 2.48 bits per heavy atom. The van der Waals surface area contributed by atoms with Crippen LogP contribution in [-0.2, 0) is 6.18 Å².